The van der Waals surface area contributed by atoms with Crippen LogP contribution in [0.2, 0.25) is 0 Å². The molecule has 0 aromatic carbocycles. The number of carbonyl (C=O) groups is 3. The minimum Gasteiger partial charge on any atom is -0.444 e. The SMILES string of the molecule is COCCC(=O)N1CCCN(C(=O)CCNC(=O)OC(C)(C)C)CC1. The van der Waals surface area contributed by atoms with Crippen LogP contribution in [0.5, 0.6) is 0 Å². The zero-order chi connectivity index (χ0) is 18.9. The van der Waals surface area contributed by atoms with E-state index in [2.05, 4.69) is 5.32 Å². The Morgan fingerprint density at radius 3 is 2.04 bits per heavy atom. The number of ether oxygens (including phenoxy) is 2. The third-order valence-electron chi connectivity index (χ3n) is 3.73. The van der Waals surface area contributed by atoms with Crippen molar-refractivity contribution in [2.75, 3.05) is 46.4 Å². The number of hydrogen-bond acceptors (Lipinski definition) is 5. The van der Waals surface area contributed by atoms with Gasteiger partial charge in [0.1, 0.15) is 5.60 Å². The molecule has 0 aliphatic carbocycles. The summed E-state index contributed by atoms with van der Waals surface area (Å²) in [5.41, 5.74) is -0.558. The second-order valence-electron chi connectivity index (χ2n) is 7.04. The van der Waals surface area contributed by atoms with Gasteiger partial charge in [-0.2, -0.15) is 0 Å². The summed E-state index contributed by atoms with van der Waals surface area (Å²) in [6, 6.07) is 0. The summed E-state index contributed by atoms with van der Waals surface area (Å²) in [6.07, 6.45) is 0.816. The maximum absolute atomic E-state index is 12.3. The molecule has 25 heavy (non-hydrogen) atoms. The molecule has 0 unspecified atom stereocenters. The predicted molar refractivity (Wildman–Crippen MR) is 93.1 cm³/mol. The molecule has 1 N–H and O–H groups in total. The fraction of sp³-hybridized carbons (Fsp3) is 0.824. The van der Waals surface area contributed by atoms with Gasteiger partial charge in [0, 0.05) is 46.3 Å². The van der Waals surface area contributed by atoms with Gasteiger partial charge in [0.05, 0.1) is 13.0 Å². The maximum Gasteiger partial charge on any atom is 0.407 e. The Morgan fingerprint density at radius 2 is 1.52 bits per heavy atom. The Balaban J connectivity index is 2.32. The normalized spacial score (nSPS) is 15.5. The molecule has 0 saturated carbocycles. The molecule has 8 heteroatoms. The number of amides is 3. The lowest BCUT2D eigenvalue weighted by atomic mass is 10.2. The number of nitrogens with zero attached hydrogens (tertiary/aromatic N) is 2. The van der Waals surface area contributed by atoms with Gasteiger partial charge in [-0.05, 0) is 27.2 Å². The first-order valence-corrected chi connectivity index (χ1v) is 8.74. The molecule has 1 aliphatic rings. The van der Waals surface area contributed by atoms with Crippen molar-refractivity contribution in [3.63, 3.8) is 0 Å². The van der Waals surface area contributed by atoms with Crippen molar-refractivity contribution in [2.45, 2.75) is 45.6 Å². The first kappa shape index (κ1) is 21.2. The van der Waals surface area contributed by atoms with Crippen LogP contribution in [0.3, 0.4) is 0 Å². The maximum atomic E-state index is 12.3. The van der Waals surface area contributed by atoms with Crippen molar-refractivity contribution >= 4 is 17.9 Å². The average molecular weight is 357 g/mol. The molecule has 1 heterocycles. The highest BCUT2D eigenvalue weighted by Crippen LogP contribution is 2.08. The van der Waals surface area contributed by atoms with Gasteiger partial charge < -0.3 is 24.6 Å². The van der Waals surface area contributed by atoms with E-state index < -0.39 is 11.7 Å². The quantitative estimate of drug-likeness (QED) is 0.766. The lowest BCUT2D eigenvalue weighted by Gasteiger charge is -2.23. The topological polar surface area (TPSA) is 88.2 Å². The van der Waals surface area contributed by atoms with Crippen molar-refractivity contribution in [1.29, 1.82) is 0 Å². The highest BCUT2D eigenvalue weighted by molar-refractivity contribution is 5.78. The summed E-state index contributed by atoms with van der Waals surface area (Å²) in [5.74, 6) is 0.0324. The van der Waals surface area contributed by atoms with Gasteiger partial charge in [-0.3, -0.25) is 9.59 Å². The van der Waals surface area contributed by atoms with Gasteiger partial charge in [0.2, 0.25) is 11.8 Å². The van der Waals surface area contributed by atoms with Crippen LogP contribution in [0.25, 0.3) is 0 Å². The van der Waals surface area contributed by atoms with Gasteiger partial charge in [0.15, 0.2) is 0 Å². The number of carbonyl (C=O) groups excluding carboxylic acids is 3. The second kappa shape index (κ2) is 10.2. The lowest BCUT2D eigenvalue weighted by molar-refractivity contribution is -0.134. The van der Waals surface area contributed by atoms with Crippen LogP contribution in [-0.2, 0) is 19.1 Å². The molecule has 1 saturated heterocycles. The monoisotopic (exact) mass is 357 g/mol. The van der Waals surface area contributed by atoms with Crippen molar-refractivity contribution in [2.24, 2.45) is 0 Å². The van der Waals surface area contributed by atoms with E-state index in [0.29, 0.717) is 39.2 Å². The molecule has 0 spiro atoms. The van der Waals surface area contributed by atoms with Crippen LogP contribution in [0, 0.1) is 0 Å². The summed E-state index contributed by atoms with van der Waals surface area (Å²) in [6.45, 7) is 8.34. The Hall–Kier alpha value is -1.83. The molecular weight excluding hydrogens is 326 g/mol. The Kier molecular flexibility index (Phi) is 8.68. The number of alkyl carbamates (subject to hydrolysis) is 1. The molecule has 8 nitrogen and oxygen atoms in total. The molecule has 0 atom stereocenters. The first-order chi connectivity index (χ1) is 11.7. The summed E-state index contributed by atoms with van der Waals surface area (Å²) in [5, 5.41) is 2.59. The largest absolute Gasteiger partial charge is 0.444 e. The minimum absolute atomic E-state index is 0.0257. The van der Waals surface area contributed by atoms with Gasteiger partial charge >= 0.3 is 6.09 Å². The summed E-state index contributed by atoms with van der Waals surface area (Å²) in [7, 11) is 1.57. The number of hydrogen-bond donors (Lipinski definition) is 1. The van der Waals surface area contributed by atoms with Gasteiger partial charge in [-0.1, -0.05) is 0 Å². The molecule has 1 rings (SSSR count). The smallest absolute Gasteiger partial charge is 0.407 e. The zero-order valence-electron chi connectivity index (χ0n) is 15.8. The zero-order valence-corrected chi connectivity index (χ0v) is 15.8. The van der Waals surface area contributed by atoms with Crippen molar-refractivity contribution < 1.29 is 23.9 Å². The highest BCUT2D eigenvalue weighted by Gasteiger charge is 2.22. The number of rotatable bonds is 6. The first-order valence-electron chi connectivity index (χ1n) is 8.74. The van der Waals surface area contributed by atoms with Crippen LogP contribution in [0.15, 0.2) is 0 Å². The minimum atomic E-state index is -0.558. The van der Waals surface area contributed by atoms with Gasteiger partial charge in [-0.25, -0.2) is 4.79 Å². The Labute approximate surface area is 149 Å². The lowest BCUT2D eigenvalue weighted by Crippen LogP contribution is -2.39. The van der Waals surface area contributed by atoms with E-state index in [1.807, 2.05) is 0 Å². The molecular formula is C17H31N3O5. The fourth-order valence-corrected chi connectivity index (χ4v) is 2.51. The van der Waals surface area contributed by atoms with Crippen LogP contribution < -0.4 is 5.32 Å². The van der Waals surface area contributed by atoms with Crippen molar-refractivity contribution in [1.82, 2.24) is 15.1 Å². The number of nitrogens with one attached hydrogen (secondary N) is 1. The molecule has 0 aromatic rings. The highest BCUT2D eigenvalue weighted by atomic mass is 16.6. The van der Waals surface area contributed by atoms with Crippen molar-refractivity contribution in [3.05, 3.63) is 0 Å². The predicted octanol–water partition coefficient (Wildman–Crippen LogP) is 0.999. The number of methoxy groups -OCH3 is 1. The summed E-state index contributed by atoms with van der Waals surface area (Å²) < 4.78 is 10.1. The third-order valence-corrected chi connectivity index (χ3v) is 3.73. The molecule has 0 radical (unpaired) electrons. The summed E-state index contributed by atoms with van der Waals surface area (Å²) >= 11 is 0. The molecule has 1 fully saturated rings. The van der Waals surface area contributed by atoms with Crippen molar-refractivity contribution in [3.8, 4) is 0 Å². The molecule has 0 aromatic heterocycles. The van der Waals surface area contributed by atoms with E-state index in [1.165, 1.54) is 0 Å². The van der Waals surface area contributed by atoms with E-state index >= 15 is 0 Å². The van der Waals surface area contributed by atoms with Crippen LogP contribution in [-0.4, -0.2) is 79.7 Å². The average Bonchev–Trinajstić information content (AvgIpc) is 2.76. The Morgan fingerprint density at radius 1 is 0.960 bits per heavy atom. The standard InChI is InChI=1S/C17H31N3O5/c1-17(2,3)25-16(23)18-8-6-14(21)19-9-5-10-20(12-11-19)15(22)7-13-24-4/h5-13H2,1-4H3,(H,18,23). The van der Waals surface area contributed by atoms with E-state index in [1.54, 1.807) is 37.7 Å². The van der Waals surface area contributed by atoms with Crippen LogP contribution in [0.4, 0.5) is 4.79 Å². The third kappa shape index (κ3) is 8.72. The van der Waals surface area contributed by atoms with Crippen LogP contribution >= 0.6 is 0 Å². The van der Waals surface area contributed by atoms with E-state index in [-0.39, 0.29) is 24.8 Å². The molecule has 3 amide bonds. The van der Waals surface area contributed by atoms with E-state index in [0.717, 1.165) is 6.42 Å². The molecule has 144 valence electrons. The Bertz CT molecular complexity index is 462. The van der Waals surface area contributed by atoms with E-state index in [4.69, 9.17) is 9.47 Å². The summed E-state index contributed by atoms with van der Waals surface area (Å²) in [4.78, 5) is 39.4. The van der Waals surface area contributed by atoms with E-state index in [9.17, 15) is 14.4 Å². The van der Waals surface area contributed by atoms with Gasteiger partial charge in [0.25, 0.3) is 0 Å². The fourth-order valence-electron chi connectivity index (χ4n) is 2.51. The van der Waals surface area contributed by atoms with Crippen LogP contribution in [0.1, 0.15) is 40.0 Å². The molecule has 1 aliphatic heterocycles. The molecule has 0 bridgehead atoms. The second-order valence-corrected chi connectivity index (χ2v) is 7.04. The van der Waals surface area contributed by atoms with Gasteiger partial charge in [-0.15, -0.1) is 0 Å².